The van der Waals surface area contributed by atoms with Crippen LogP contribution in [0.2, 0.25) is 0 Å². The summed E-state index contributed by atoms with van der Waals surface area (Å²) in [4.78, 5) is 29.4. The number of para-hydroxylation sites is 1. The van der Waals surface area contributed by atoms with Crippen LogP contribution in [0.25, 0.3) is 0 Å². The first-order valence-electron chi connectivity index (χ1n) is 13.1. The average molecular weight is 520 g/mol. The number of hydrogen-bond donors (Lipinski definition) is 4. The highest BCUT2D eigenvalue weighted by molar-refractivity contribution is 8.04. The molecule has 0 radical (unpaired) electrons. The van der Waals surface area contributed by atoms with Crippen molar-refractivity contribution >= 4 is 29.4 Å². The zero-order valence-corrected chi connectivity index (χ0v) is 21.9. The second-order valence-corrected chi connectivity index (χ2v) is 11.4. The van der Waals surface area contributed by atoms with E-state index >= 15 is 0 Å². The number of hydrogen-bond acceptors (Lipinski definition) is 6. The smallest absolute Gasteiger partial charge is 0.326 e. The lowest BCUT2D eigenvalue weighted by atomic mass is 9.86. The summed E-state index contributed by atoms with van der Waals surface area (Å²) in [6.45, 7) is 2.80. The van der Waals surface area contributed by atoms with Gasteiger partial charge in [-0.1, -0.05) is 30.0 Å². The van der Waals surface area contributed by atoms with E-state index in [0.29, 0.717) is 10.9 Å². The summed E-state index contributed by atoms with van der Waals surface area (Å²) in [7, 11) is 1.97. The van der Waals surface area contributed by atoms with Crippen molar-refractivity contribution in [2.75, 3.05) is 18.5 Å². The lowest BCUT2D eigenvalue weighted by Crippen LogP contribution is -2.62. The molecule has 3 heterocycles. The molecule has 9 heteroatoms. The van der Waals surface area contributed by atoms with E-state index in [1.165, 1.54) is 0 Å². The Balaban J connectivity index is 1.24. The summed E-state index contributed by atoms with van der Waals surface area (Å²) in [6.07, 6.45) is 3.80. The Morgan fingerprint density at radius 2 is 1.89 bits per heavy atom. The molecule has 194 valence electrons. The zero-order valence-electron chi connectivity index (χ0n) is 21.1. The predicted octanol–water partition coefficient (Wildman–Crippen LogP) is 3.84. The van der Waals surface area contributed by atoms with Crippen LogP contribution in [0.3, 0.4) is 0 Å². The van der Waals surface area contributed by atoms with E-state index < -0.39 is 0 Å². The fourth-order valence-electron chi connectivity index (χ4n) is 6.11. The van der Waals surface area contributed by atoms with Crippen LogP contribution < -0.4 is 30.9 Å². The third-order valence-corrected chi connectivity index (χ3v) is 9.29. The van der Waals surface area contributed by atoms with Crippen molar-refractivity contribution < 1.29 is 14.3 Å². The van der Waals surface area contributed by atoms with Crippen LogP contribution in [0.1, 0.15) is 31.2 Å². The minimum Gasteiger partial charge on any atom is -0.457 e. The van der Waals surface area contributed by atoms with Crippen molar-refractivity contribution in [1.82, 2.24) is 21.3 Å². The van der Waals surface area contributed by atoms with Crippen molar-refractivity contribution in [3.63, 3.8) is 0 Å². The van der Waals surface area contributed by atoms with Gasteiger partial charge in [0.15, 0.2) is 0 Å². The maximum absolute atomic E-state index is 13.5. The number of ether oxygens (including phenoxy) is 1. The Morgan fingerprint density at radius 1 is 1.08 bits per heavy atom. The lowest BCUT2D eigenvalue weighted by Gasteiger charge is -2.46. The third kappa shape index (κ3) is 4.60. The minimum absolute atomic E-state index is 0.0208. The Morgan fingerprint density at radius 3 is 2.65 bits per heavy atom. The molecule has 4 aliphatic rings. The van der Waals surface area contributed by atoms with Gasteiger partial charge in [-0.2, -0.15) is 0 Å². The molecule has 0 spiro atoms. The first-order valence-corrected chi connectivity index (χ1v) is 14.0. The first kappa shape index (κ1) is 24.3. The highest BCUT2D eigenvalue weighted by Crippen LogP contribution is 2.48. The summed E-state index contributed by atoms with van der Waals surface area (Å²) in [5, 5.41) is 13.3. The van der Waals surface area contributed by atoms with Gasteiger partial charge in [0.1, 0.15) is 11.5 Å². The van der Waals surface area contributed by atoms with Gasteiger partial charge < -0.3 is 26.0 Å². The number of urea groups is 1. The number of nitrogens with zero attached hydrogens (tertiary/aromatic N) is 1. The quantitative estimate of drug-likeness (QED) is 0.463. The second kappa shape index (κ2) is 10.0. The molecule has 4 unspecified atom stereocenters. The van der Waals surface area contributed by atoms with E-state index in [2.05, 4.69) is 21.3 Å². The normalized spacial score (nSPS) is 28.6. The van der Waals surface area contributed by atoms with E-state index in [1.807, 2.05) is 67.4 Å². The fraction of sp³-hybridized carbons (Fsp3) is 0.429. The molecule has 2 aromatic carbocycles. The van der Waals surface area contributed by atoms with Gasteiger partial charge in [-0.15, -0.1) is 0 Å². The van der Waals surface area contributed by atoms with E-state index in [-0.39, 0.29) is 35.3 Å². The minimum atomic E-state index is -0.180. The molecule has 2 aromatic rings. The van der Waals surface area contributed by atoms with Gasteiger partial charge in [-0.3, -0.25) is 9.69 Å². The highest BCUT2D eigenvalue weighted by Gasteiger charge is 2.52. The molecular formula is C28H33N5O3S. The molecule has 37 heavy (non-hydrogen) atoms. The molecule has 6 rings (SSSR count). The number of carbonyl (C=O) groups is 2. The maximum Gasteiger partial charge on any atom is 0.326 e. The number of rotatable bonds is 6. The molecule has 3 amide bonds. The van der Waals surface area contributed by atoms with E-state index in [1.54, 1.807) is 11.8 Å². The van der Waals surface area contributed by atoms with Crippen LogP contribution in [0.5, 0.6) is 11.5 Å². The maximum atomic E-state index is 13.5. The number of piperidine rings is 1. The first-order chi connectivity index (χ1) is 18.0. The molecule has 1 saturated carbocycles. The number of aryl methyl sites for hydroxylation is 1. The molecule has 8 nitrogen and oxygen atoms in total. The number of anilines is 1. The molecule has 2 saturated heterocycles. The van der Waals surface area contributed by atoms with Gasteiger partial charge in [-0.25, -0.2) is 4.79 Å². The van der Waals surface area contributed by atoms with Crippen molar-refractivity contribution in [3.8, 4) is 11.5 Å². The van der Waals surface area contributed by atoms with Gasteiger partial charge in [0.05, 0.1) is 16.3 Å². The molecule has 0 aromatic heterocycles. The molecule has 0 bridgehead atoms. The Labute approximate surface area is 221 Å². The van der Waals surface area contributed by atoms with Crippen molar-refractivity contribution in [1.29, 1.82) is 0 Å². The summed E-state index contributed by atoms with van der Waals surface area (Å²) >= 11 is 1.56. The number of benzene rings is 2. The SMILES string of the molecule is CNC1CC[C@H](NC(=O)C2=C3NC(=O)N(c4ccc(Oc5ccccc5)cc4C)C4CCNC(S2)C34)C1. The van der Waals surface area contributed by atoms with Gasteiger partial charge >= 0.3 is 6.03 Å². The Bertz CT molecular complexity index is 1240. The van der Waals surface area contributed by atoms with Crippen molar-refractivity contribution in [3.05, 3.63) is 64.7 Å². The van der Waals surface area contributed by atoms with E-state index in [9.17, 15) is 9.59 Å². The lowest BCUT2D eigenvalue weighted by molar-refractivity contribution is -0.117. The van der Waals surface area contributed by atoms with Crippen LogP contribution in [0, 0.1) is 12.8 Å². The zero-order chi connectivity index (χ0) is 25.5. The molecule has 3 fully saturated rings. The molecular weight excluding hydrogens is 486 g/mol. The standard InChI is InChI=1S/C28H33N5O3S/c1-16-14-20(36-19-6-4-3-5-7-19)10-11-21(16)33-22-12-13-30-27-23(22)24(32-28(33)35)25(37-27)26(34)31-18-9-8-17(15-18)29-2/h3-7,10-11,14,17-18,22-23,27,29-30H,8-9,12-13,15H2,1-2H3,(H,31,34)(H,32,35)/t17?,18-,22?,23?,27?/m0/s1. The Hall–Kier alpha value is -3.01. The molecule has 1 aliphatic carbocycles. The molecule has 4 N–H and O–H groups in total. The van der Waals surface area contributed by atoms with Gasteiger partial charge in [0, 0.05) is 29.4 Å². The van der Waals surface area contributed by atoms with E-state index in [4.69, 9.17) is 4.74 Å². The summed E-state index contributed by atoms with van der Waals surface area (Å²) < 4.78 is 6.00. The van der Waals surface area contributed by atoms with Crippen LogP contribution in [0.15, 0.2) is 59.1 Å². The Kier molecular flexibility index (Phi) is 6.60. The third-order valence-electron chi connectivity index (χ3n) is 7.93. The summed E-state index contributed by atoms with van der Waals surface area (Å²) in [5.74, 6) is 1.47. The van der Waals surface area contributed by atoms with Crippen molar-refractivity contribution in [2.45, 2.75) is 56.1 Å². The molecule has 5 atom stereocenters. The number of carbonyl (C=O) groups excluding carboxylic acids is 2. The largest absolute Gasteiger partial charge is 0.457 e. The second-order valence-electron chi connectivity index (χ2n) is 10.2. The molecule has 3 aliphatic heterocycles. The van der Waals surface area contributed by atoms with Gasteiger partial charge in [0.25, 0.3) is 5.91 Å². The van der Waals surface area contributed by atoms with E-state index in [0.717, 1.165) is 60.7 Å². The van der Waals surface area contributed by atoms with Crippen molar-refractivity contribution in [2.24, 2.45) is 5.92 Å². The van der Waals surface area contributed by atoms with Crippen LogP contribution in [0.4, 0.5) is 10.5 Å². The summed E-state index contributed by atoms with van der Waals surface area (Å²) in [6, 6.07) is 15.9. The number of thioether (sulfide) groups is 1. The number of amides is 3. The topological polar surface area (TPSA) is 94.7 Å². The predicted molar refractivity (Wildman–Crippen MR) is 146 cm³/mol. The van der Waals surface area contributed by atoms with Gasteiger partial charge in [-0.05, 0) is 82.1 Å². The van der Waals surface area contributed by atoms with Crippen LogP contribution >= 0.6 is 11.8 Å². The summed E-state index contributed by atoms with van der Waals surface area (Å²) in [5.41, 5.74) is 2.61. The average Bonchev–Trinajstić information content (AvgIpc) is 3.51. The monoisotopic (exact) mass is 519 g/mol. The van der Waals surface area contributed by atoms with Crippen LogP contribution in [-0.4, -0.2) is 49.0 Å². The fourth-order valence-corrected chi connectivity index (χ4v) is 7.51. The number of nitrogens with one attached hydrogen (secondary N) is 4. The highest BCUT2D eigenvalue weighted by atomic mass is 32.2. The van der Waals surface area contributed by atoms with Crippen LogP contribution in [-0.2, 0) is 4.79 Å². The van der Waals surface area contributed by atoms with Gasteiger partial charge in [0.2, 0.25) is 0 Å².